The smallest absolute Gasteiger partial charge is 0.0719 e. The van der Waals surface area contributed by atoms with Gasteiger partial charge < -0.3 is 0 Å². The second-order valence-electron chi connectivity index (χ2n) is 18.4. The van der Waals surface area contributed by atoms with Gasteiger partial charge in [-0.05, 0) is 147 Å². The Bertz CT molecular complexity index is 3260. The van der Waals surface area contributed by atoms with Crippen LogP contribution in [0.5, 0.6) is 0 Å². The molecule has 0 saturated carbocycles. The molecule has 0 bridgehead atoms. The summed E-state index contributed by atoms with van der Waals surface area (Å²) in [6, 6.07) is 78.6. The summed E-state index contributed by atoms with van der Waals surface area (Å²) in [5.74, 6) is 0. The minimum Gasteiger partial charge on any atom is -0.0719 e. The zero-order chi connectivity index (χ0) is 42.4. The van der Waals surface area contributed by atoms with Crippen LogP contribution in [0.25, 0.3) is 99.1 Å². The van der Waals surface area contributed by atoms with Crippen LogP contribution in [0.1, 0.15) is 5.56 Å². The molecule has 0 saturated heterocycles. The molecule has 0 unspecified atom stereocenters. The highest BCUT2D eigenvalue weighted by Crippen LogP contribution is 2.41. The third kappa shape index (κ3) is 7.66. The Hall–Kier alpha value is -6.59. The monoisotopic (exact) mass is 828 g/mol. The Balaban J connectivity index is 1.13. The molecule has 0 amide bonds. The molecule has 62 heavy (non-hydrogen) atoms. The molecule has 0 nitrogen and oxygen atoms in total. The van der Waals surface area contributed by atoms with Gasteiger partial charge >= 0.3 is 0 Å². The highest BCUT2D eigenvalue weighted by Gasteiger charge is 2.22. The second kappa shape index (κ2) is 16.4. The van der Waals surface area contributed by atoms with Crippen LogP contribution in [0.2, 0.25) is 32.7 Å². The average Bonchev–Trinajstić information content (AvgIpc) is 3.31. The summed E-state index contributed by atoms with van der Waals surface area (Å²) in [7, 11) is -2.56. The van der Waals surface area contributed by atoms with Crippen LogP contribution in [0, 0.1) is 0 Å². The maximum absolute atomic E-state index is 2.46. The summed E-state index contributed by atoms with van der Waals surface area (Å²) in [4.78, 5) is 0. The van der Waals surface area contributed by atoms with Gasteiger partial charge in [-0.25, -0.2) is 0 Å². The molecular formula is C60H52Si2. The van der Waals surface area contributed by atoms with E-state index in [4.69, 9.17) is 0 Å². The molecule has 10 aromatic rings. The lowest BCUT2D eigenvalue weighted by atomic mass is 9.89. The van der Waals surface area contributed by atoms with E-state index in [0.717, 1.165) is 0 Å². The second-order valence-corrected chi connectivity index (χ2v) is 26.7. The van der Waals surface area contributed by atoms with Gasteiger partial charge in [-0.2, -0.15) is 0 Å². The van der Waals surface area contributed by atoms with Crippen LogP contribution in [0.4, 0.5) is 0 Å². The fourth-order valence-corrected chi connectivity index (χ4v) is 12.4. The van der Waals surface area contributed by atoms with Crippen molar-refractivity contribution in [2.75, 3.05) is 0 Å². The van der Waals surface area contributed by atoms with E-state index < -0.39 is 16.9 Å². The summed E-state index contributed by atoms with van der Waals surface area (Å²) < 4.78 is 0. The summed E-state index contributed by atoms with van der Waals surface area (Å²) >= 11 is 0. The average molecular weight is 829 g/mol. The van der Waals surface area contributed by atoms with Crippen molar-refractivity contribution in [1.29, 1.82) is 0 Å². The first-order chi connectivity index (χ1) is 30.2. The van der Waals surface area contributed by atoms with Gasteiger partial charge in [0.05, 0.1) is 8.07 Å². The Morgan fingerprint density at radius 3 is 1.21 bits per heavy atom. The number of hydrogen-bond donors (Lipinski definition) is 0. The van der Waals surface area contributed by atoms with Crippen molar-refractivity contribution in [2.24, 2.45) is 0 Å². The van der Waals surface area contributed by atoms with Crippen molar-refractivity contribution >= 4 is 54.4 Å². The summed E-state index contributed by atoms with van der Waals surface area (Å²) in [5.41, 5.74) is 16.7. The van der Waals surface area contributed by atoms with Crippen molar-refractivity contribution in [3.8, 4) is 66.8 Å². The fourth-order valence-electron chi connectivity index (χ4n) is 9.57. The van der Waals surface area contributed by atoms with E-state index in [0.29, 0.717) is 0 Å². The number of benzene rings is 10. The van der Waals surface area contributed by atoms with Crippen LogP contribution in [-0.2, 0) is 6.04 Å². The molecule has 0 aromatic heterocycles. The van der Waals surface area contributed by atoms with Gasteiger partial charge in [-0.3, -0.25) is 0 Å². The first-order valence-electron chi connectivity index (χ1n) is 22.2. The summed E-state index contributed by atoms with van der Waals surface area (Å²) in [6.45, 7) is 12.3. The highest BCUT2D eigenvalue weighted by atomic mass is 28.3. The SMILES string of the molecule is C[SiH](C)Cc1ccc(-c2ccc3c4ccccc4c4ccc(-c5ccc([Si](C)(C)C)c(-c6cccc(-c7ccccc7)c6)c5)cc4c3c2)cc1-c1cccc(-c2ccccc2)c1. The molecule has 0 heterocycles. The molecule has 0 aliphatic carbocycles. The predicted octanol–water partition coefficient (Wildman–Crippen LogP) is 16.3. The molecule has 10 aromatic carbocycles. The zero-order valence-electron chi connectivity index (χ0n) is 36.4. The van der Waals surface area contributed by atoms with E-state index in [2.05, 4.69) is 239 Å². The largest absolute Gasteiger partial charge is 0.0784 e. The lowest BCUT2D eigenvalue weighted by Gasteiger charge is -2.23. The van der Waals surface area contributed by atoms with E-state index >= 15 is 0 Å². The van der Waals surface area contributed by atoms with Crippen LogP contribution in [0.15, 0.2) is 206 Å². The Morgan fingerprint density at radius 2 is 0.694 bits per heavy atom. The van der Waals surface area contributed by atoms with Crippen molar-refractivity contribution in [1.82, 2.24) is 0 Å². The Labute approximate surface area is 369 Å². The lowest BCUT2D eigenvalue weighted by Crippen LogP contribution is -2.38. The minimum atomic E-state index is -1.68. The van der Waals surface area contributed by atoms with Gasteiger partial charge in [0.1, 0.15) is 0 Å². The lowest BCUT2D eigenvalue weighted by molar-refractivity contribution is 1.35. The van der Waals surface area contributed by atoms with Gasteiger partial charge in [0.2, 0.25) is 0 Å². The quantitative estimate of drug-likeness (QED) is 0.100. The fraction of sp³-hybridized carbons (Fsp3) is 0.100. The Kier molecular flexibility index (Phi) is 10.4. The topological polar surface area (TPSA) is 0 Å². The first-order valence-corrected chi connectivity index (χ1v) is 28.8. The molecule has 0 aliphatic rings. The van der Waals surface area contributed by atoms with Crippen molar-refractivity contribution < 1.29 is 0 Å². The third-order valence-electron chi connectivity index (χ3n) is 12.6. The van der Waals surface area contributed by atoms with E-state index in [1.54, 1.807) is 0 Å². The summed E-state index contributed by atoms with van der Waals surface area (Å²) in [5, 5.41) is 9.24. The minimum absolute atomic E-state index is 0.874. The molecular weight excluding hydrogens is 777 g/mol. The Morgan fingerprint density at radius 1 is 0.306 bits per heavy atom. The number of fused-ring (bicyclic) bond motifs is 6. The van der Waals surface area contributed by atoms with Crippen LogP contribution in [0.3, 0.4) is 0 Å². The molecule has 0 N–H and O–H groups in total. The molecule has 0 radical (unpaired) electrons. The van der Waals surface area contributed by atoms with Crippen LogP contribution >= 0.6 is 0 Å². The normalized spacial score (nSPS) is 11.8. The van der Waals surface area contributed by atoms with Gasteiger partial charge in [0.15, 0.2) is 0 Å². The van der Waals surface area contributed by atoms with E-state index in [1.165, 1.54) is 116 Å². The van der Waals surface area contributed by atoms with E-state index in [9.17, 15) is 0 Å². The molecule has 0 fully saturated rings. The van der Waals surface area contributed by atoms with Crippen LogP contribution < -0.4 is 5.19 Å². The third-order valence-corrected chi connectivity index (χ3v) is 15.9. The molecule has 0 atom stereocenters. The maximum Gasteiger partial charge on any atom is 0.0784 e. The predicted molar refractivity (Wildman–Crippen MR) is 277 cm³/mol. The van der Waals surface area contributed by atoms with Gasteiger partial charge in [-0.1, -0.05) is 208 Å². The van der Waals surface area contributed by atoms with Gasteiger partial charge in [-0.15, -0.1) is 0 Å². The van der Waals surface area contributed by atoms with Crippen LogP contribution in [-0.4, -0.2) is 16.9 Å². The zero-order valence-corrected chi connectivity index (χ0v) is 38.6. The number of hydrogen-bond acceptors (Lipinski definition) is 0. The van der Waals surface area contributed by atoms with E-state index in [-0.39, 0.29) is 0 Å². The first kappa shape index (κ1) is 39.5. The van der Waals surface area contributed by atoms with Crippen molar-refractivity contribution in [3.63, 3.8) is 0 Å². The summed E-state index contributed by atoms with van der Waals surface area (Å²) in [6.07, 6.45) is 0. The van der Waals surface area contributed by atoms with Gasteiger partial charge in [0.25, 0.3) is 0 Å². The molecule has 0 spiro atoms. The van der Waals surface area contributed by atoms with E-state index in [1.807, 2.05) is 0 Å². The maximum atomic E-state index is 2.46. The molecule has 0 aliphatic heterocycles. The van der Waals surface area contributed by atoms with Crippen molar-refractivity contribution in [3.05, 3.63) is 212 Å². The van der Waals surface area contributed by atoms with Gasteiger partial charge in [0, 0.05) is 8.80 Å². The number of rotatable bonds is 9. The molecule has 300 valence electrons. The highest BCUT2D eigenvalue weighted by molar-refractivity contribution is 6.89. The molecule has 2 heteroatoms. The van der Waals surface area contributed by atoms with Crippen molar-refractivity contribution in [2.45, 2.75) is 38.8 Å². The molecule has 10 rings (SSSR count). The standard InChI is InChI=1S/C60H52Si2/c1-61(2)40-51-27-26-45(36-56(51)49-22-14-20-43(34-49)41-16-8-6-9-17-41)46-28-31-54-52-24-12-13-25-53(52)55-32-29-47(39-59(55)58(54)38-46)48-30-33-60(62(3,4)5)57(37-48)50-23-15-21-44(35-50)42-18-10-7-11-19-42/h6-39,61H,40H2,1-5H3.